The minimum Gasteiger partial charge on any atom is -0.477 e. The number of thioether (sulfide) groups is 1. The summed E-state index contributed by atoms with van der Waals surface area (Å²) in [5, 5.41) is 9.18. The highest BCUT2D eigenvalue weighted by Crippen LogP contribution is 2.39. The average molecular weight is 351 g/mol. The molecule has 1 fully saturated rings. The van der Waals surface area contributed by atoms with Gasteiger partial charge in [-0.1, -0.05) is 36.4 Å². The van der Waals surface area contributed by atoms with Crippen molar-refractivity contribution in [2.75, 3.05) is 5.75 Å². The van der Waals surface area contributed by atoms with Gasteiger partial charge in [-0.15, -0.1) is 23.4 Å². The molecule has 1 amide bonds. The Morgan fingerprint density at radius 2 is 2.09 bits per heavy atom. The van der Waals surface area contributed by atoms with Crippen LogP contribution in [0.3, 0.4) is 0 Å². The molecule has 2 atom stereocenters. The van der Waals surface area contributed by atoms with Gasteiger partial charge in [0.2, 0.25) is 5.91 Å². The van der Waals surface area contributed by atoms with E-state index in [0.29, 0.717) is 17.2 Å². The van der Waals surface area contributed by atoms with Gasteiger partial charge in [-0.2, -0.15) is 0 Å². The Morgan fingerprint density at radius 3 is 2.70 bits per heavy atom. The van der Waals surface area contributed by atoms with E-state index in [-0.39, 0.29) is 17.0 Å². The van der Waals surface area contributed by atoms with Crippen LogP contribution in [-0.4, -0.2) is 39.1 Å². The molecule has 0 spiro atoms. The molecule has 1 saturated heterocycles. The van der Waals surface area contributed by atoms with Crippen LogP contribution in [0.2, 0.25) is 0 Å². The molecule has 23 heavy (non-hydrogen) atoms. The number of halogens is 1. The summed E-state index contributed by atoms with van der Waals surface area (Å²) in [5.74, 6) is -0.474. The van der Waals surface area contributed by atoms with Crippen molar-refractivity contribution in [3.05, 3.63) is 52.7 Å². The number of hydrogen-bond acceptors (Lipinski definition) is 4. The number of alkyl halides is 1. The van der Waals surface area contributed by atoms with E-state index in [1.54, 1.807) is 6.08 Å². The third kappa shape index (κ3) is 2.89. The fraction of sp³-hybridized carbons (Fsp3) is 0.250. The number of carbonyl (C=O) groups excluding carboxylic acids is 1. The Morgan fingerprint density at radius 1 is 1.39 bits per heavy atom. The highest BCUT2D eigenvalue weighted by atomic mass is 35.5. The van der Waals surface area contributed by atoms with Crippen molar-refractivity contribution in [1.82, 2.24) is 4.90 Å². The molecular weight excluding hydrogens is 336 g/mol. The van der Waals surface area contributed by atoms with E-state index in [1.165, 1.54) is 16.7 Å². The Labute approximate surface area is 142 Å². The van der Waals surface area contributed by atoms with Crippen molar-refractivity contribution in [1.29, 1.82) is 0 Å². The van der Waals surface area contributed by atoms with E-state index in [2.05, 4.69) is 0 Å². The molecule has 2 heterocycles. The quantitative estimate of drug-likeness (QED) is 0.641. The Balaban J connectivity index is 1.88. The molecule has 3 rings (SSSR count). The predicted octanol–water partition coefficient (Wildman–Crippen LogP) is 2.02. The molecule has 0 bridgehead atoms. The van der Waals surface area contributed by atoms with Crippen LogP contribution in [0, 0.1) is 0 Å². The number of allylic oxidation sites excluding steroid dienone is 1. The van der Waals surface area contributed by atoms with Crippen molar-refractivity contribution >= 4 is 41.3 Å². The van der Waals surface area contributed by atoms with Crippen LogP contribution in [0.25, 0.3) is 6.08 Å². The number of fused-ring (bicyclic) bond motifs is 1. The molecule has 1 aromatic rings. The van der Waals surface area contributed by atoms with Gasteiger partial charge >= 0.3 is 5.97 Å². The van der Waals surface area contributed by atoms with Crippen molar-refractivity contribution in [3.63, 3.8) is 0 Å². The number of aliphatic carboxylic acids is 1. The summed E-state index contributed by atoms with van der Waals surface area (Å²) in [6.07, 6.45) is 3.58. The summed E-state index contributed by atoms with van der Waals surface area (Å²) in [4.78, 5) is 24.7. The monoisotopic (exact) mass is 350 g/mol. The van der Waals surface area contributed by atoms with Gasteiger partial charge in [0.05, 0.1) is 0 Å². The molecule has 0 saturated carbocycles. The lowest BCUT2D eigenvalue weighted by Gasteiger charge is -2.47. The average Bonchev–Trinajstić information content (AvgIpc) is 2.58. The van der Waals surface area contributed by atoms with E-state index >= 15 is 0 Å². The number of hydrogen-bond donors (Lipinski definition) is 2. The smallest absolute Gasteiger partial charge is 0.352 e. The summed E-state index contributed by atoms with van der Waals surface area (Å²) >= 11 is 7.24. The Kier molecular flexibility index (Phi) is 4.48. The third-order valence-corrected chi connectivity index (χ3v) is 5.48. The summed E-state index contributed by atoms with van der Waals surface area (Å²) in [7, 11) is 0. The van der Waals surface area contributed by atoms with E-state index < -0.39 is 12.0 Å². The first-order valence-electron chi connectivity index (χ1n) is 7.02. The van der Waals surface area contributed by atoms with Crippen LogP contribution >= 0.6 is 23.4 Å². The minimum atomic E-state index is -1.10. The van der Waals surface area contributed by atoms with E-state index in [1.807, 2.05) is 30.3 Å². The van der Waals surface area contributed by atoms with Crippen LogP contribution in [0.4, 0.5) is 0 Å². The third-order valence-electron chi connectivity index (χ3n) is 3.85. The van der Waals surface area contributed by atoms with Gasteiger partial charge in [-0.3, -0.25) is 9.69 Å². The number of carbonyl (C=O) groups is 2. The number of carboxylic acid groups (broad SMARTS) is 1. The van der Waals surface area contributed by atoms with Gasteiger partial charge < -0.3 is 10.8 Å². The lowest BCUT2D eigenvalue weighted by molar-refractivity contribution is -0.147. The molecule has 1 unspecified atom stereocenters. The normalized spacial score (nSPS) is 23.9. The lowest BCUT2D eigenvalue weighted by atomic mass is 10.0. The minimum absolute atomic E-state index is 0.0362. The maximum atomic E-state index is 11.9. The van der Waals surface area contributed by atoms with Gasteiger partial charge in [0.15, 0.2) is 0 Å². The lowest BCUT2D eigenvalue weighted by Crippen LogP contribution is -2.68. The van der Waals surface area contributed by atoms with Crippen LogP contribution in [0.5, 0.6) is 0 Å². The zero-order valence-electron chi connectivity index (χ0n) is 12.1. The first-order chi connectivity index (χ1) is 11.0. The summed E-state index contributed by atoms with van der Waals surface area (Å²) < 4.78 is 0. The molecule has 1 aromatic carbocycles. The van der Waals surface area contributed by atoms with Gasteiger partial charge in [0, 0.05) is 11.6 Å². The SMILES string of the molecule is NC1C(=O)N2C(C(=O)O)=C(/C=C/c3ccc(CCl)cc3)CS[C@H]12. The molecule has 3 N–H and O–H groups in total. The van der Waals surface area contributed by atoms with Crippen LogP contribution < -0.4 is 5.73 Å². The zero-order valence-corrected chi connectivity index (χ0v) is 13.7. The number of carboxylic acids is 1. The van der Waals surface area contributed by atoms with Crippen molar-refractivity contribution in [2.24, 2.45) is 5.73 Å². The number of benzene rings is 1. The first kappa shape index (κ1) is 16.1. The molecule has 5 nitrogen and oxygen atoms in total. The van der Waals surface area contributed by atoms with E-state index in [0.717, 1.165) is 11.1 Å². The second kappa shape index (κ2) is 6.39. The summed E-state index contributed by atoms with van der Waals surface area (Å²) in [6, 6.07) is 7.06. The Hall–Kier alpha value is -1.76. The largest absolute Gasteiger partial charge is 0.477 e. The summed E-state index contributed by atoms with van der Waals surface area (Å²) in [5.41, 5.74) is 8.33. The number of nitrogens with two attached hydrogens (primary N) is 1. The fourth-order valence-corrected chi connectivity index (χ4v) is 4.03. The maximum Gasteiger partial charge on any atom is 0.352 e. The molecule has 7 heteroatoms. The molecule has 2 aliphatic heterocycles. The second-order valence-electron chi connectivity index (χ2n) is 5.32. The summed E-state index contributed by atoms with van der Waals surface area (Å²) in [6.45, 7) is 0. The number of β-lactam (4-membered cyclic amide) rings is 1. The van der Waals surface area contributed by atoms with Crippen LogP contribution in [0.15, 0.2) is 41.6 Å². The van der Waals surface area contributed by atoms with Gasteiger partial charge in [0.25, 0.3) is 0 Å². The number of amides is 1. The maximum absolute atomic E-state index is 11.9. The van der Waals surface area contributed by atoms with E-state index in [4.69, 9.17) is 17.3 Å². The predicted molar refractivity (Wildman–Crippen MR) is 90.8 cm³/mol. The molecule has 120 valence electrons. The molecule has 0 aliphatic carbocycles. The van der Waals surface area contributed by atoms with Gasteiger partial charge in [-0.05, 0) is 16.7 Å². The highest BCUT2D eigenvalue weighted by molar-refractivity contribution is 8.00. The molecule has 2 aliphatic rings. The van der Waals surface area contributed by atoms with Crippen molar-refractivity contribution in [3.8, 4) is 0 Å². The number of nitrogens with zero attached hydrogens (tertiary/aromatic N) is 1. The van der Waals surface area contributed by atoms with Gasteiger partial charge in [-0.25, -0.2) is 4.79 Å². The standard InChI is InChI=1S/C16H15ClN2O3S/c17-7-10-3-1-9(2-4-10)5-6-11-8-23-15-12(18)14(20)19(15)13(11)16(21)22/h1-6,12,15H,7-8,18H2,(H,21,22)/b6-5+/t12?,15-/m1/s1. The van der Waals surface area contributed by atoms with Crippen molar-refractivity contribution in [2.45, 2.75) is 17.3 Å². The second-order valence-corrected chi connectivity index (χ2v) is 6.70. The highest BCUT2D eigenvalue weighted by Gasteiger charge is 2.51. The molecule has 0 aromatic heterocycles. The van der Waals surface area contributed by atoms with E-state index in [9.17, 15) is 14.7 Å². The number of rotatable bonds is 4. The van der Waals surface area contributed by atoms with Crippen molar-refractivity contribution < 1.29 is 14.7 Å². The zero-order chi connectivity index (χ0) is 16.6. The van der Waals surface area contributed by atoms with Gasteiger partial charge in [0.1, 0.15) is 17.1 Å². The molecular formula is C16H15ClN2O3S. The van der Waals surface area contributed by atoms with Crippen LogP contribution in [-0.2, 0) is 15.5 Å². The molecule has 0 radical (unpaired) electrons. The first-order valence-corrected chi connectivity index (χ1v) is 8.61. The topological polar surface area (TPSA) is 83.6 Å². The van der Waals surface area contributed by atoms with Crippen LogP contribution in [0.1, 0.15) is 11.1 Å². The fourth-order valence-electron chi connectivity index (χ4n) is 2.58. The Bertz CT molecular complexity index is 715.